The van der Waals surface area contributed by atoms with E-state index in [9.17, 15) is 14.9 Å². The zero-order valence-corrected chi connectivity index (χ0v) is 17.5. The second-order valence-electron chi connectivity index (χ2n) is 6.46. The summed E-state index contributed by atoms with van der Waals surface area (Å²) in [6.45, 7) is 1.14. The Morgan fingerprint density at radius 3 is 2.64 bits per heavy atom. The second kappa shape index (κ2) is 8.79. The number of halogens is 2. The smallest absolute Gasteiger partial charge is 0.292 e. The van der Waals surface area contributed by atoms with Crippen molar-refractivity contribution in [1.82, 2.24) is 0 Å². The van der Waals surface area contributed by atoms with Crippen LogP contribution >= 0.6 is 27.5 Å². The quantitative estimate of drug-likeness (QED) is 0.500. The molecule has 1 amide bonds. The number of carbonyl (C=O) groups excluding carboxylic acids is 1. The number of nitrogens with zero attached hydrogens (tertiary/aromatic N) is 2. The number of benzene rings is 2. The van der Waals surface area contributed by atoms with Crippen LogP contribution in [0.25, 0.3) is 0 Å². The van der Waals surface area contributed by atoms with Gasteiger partial charge >= 0.3 is 0 Å². The van der Waals surface area contributed by atoms with E-state index >= 15 is 0 Å². The average molecular weight is 469 g/mol. The molecule has 0 saturated carbocycles. The third-order valence-corrected chi connectivity index (χ3v) is 5.56. The van der Waals surface area contributed by atoms with Crippen LogP contribution < -0.4 is 15.0 Å². The van der Waals surface area contributed by atoms with E-state index in [0.29, 0.717) is 52.6 Å². The monoisotopic (exact) mass is 467 g/mol. The summed E-state index contributed by atoms with van der Waals surface area (Å²) < 4.78 is 5.99. The molecule has 9 heteroatoms. The Morgan fingerprint density at radius 2 is 2.00 bits per heavy atom. The first-order valence-corrected chi connectivity index (χ1v) is 9.90. The van der Waals surface area contributed by atoms with Gasteiger partial charge in [0.2, 0.25) is 5.91 Å². The van der Waals surface area contributed by atoms with Crippen LogP contribution in [-0.4, -0.2) is 31.0 Å². The van der Waals surface area contributed by atoms with Gasteiger partial charge in [-0.05, 0) is 47.0 Å². The molecular weight excluding hydrogens is 450 g/mol. The van der Waals surface area contributed by atoms with Crippen LogP contribution in [0.2, 0.25) is 5.02 Å². The molecule has 148 valence electrons. The molecular formula is C19H19BrClN3O4. The van der Waals surface area contributed by atoms with Crippen LogP contribution in [-0.2, 0) is 4.79 Å². The number of hydrogen-bond acceptors (Lipinski definition) is 5. The SMILES string of the molecule is COc1c(Br)cc(Cl)cc1NC(=O)C1CCN(c2ccccc2[N+](=O)[O-])CC1. The second-order valence-corrected chi connectivity index (χ2v) is 7.76. The highest BCUT2D eigenvalue weighted by Gasteiger charge is 2.28. The van der Waals surface area contributed by atoms with Gasteiger partial charge in [-0.2, -0.15) is 0 Å². The molecule has 0 atom stereocenters. The maximum Gasteiger partial charge on any atom is 0.292 e. The van der Waals surface area contributed by atoms with Gasteiger partial charge in [0.15, 0.2) is 5.75 Å². The molecule has 0 radical (unpaired) electrons. The molecule has 1 N–H and O–H groups in total. The minimum atomic E-state index is -0.378. The zero-order valence-electron chi connectivity index (χ0n) is 15.2. The summed E-state index contributed by atoms with van der Waals surface area (Å²) in [6.07, 6.45) is 1.20. The molecule has 1 saturated heterocycles. The summed E-state index contributed by atoms with van der Waals surface area (Å²) in [7, 11) is 1.52. The topological polar surface area (TPSA) is 84.7 Å². The van der Waals surface area contributed by atoms with Crippen molar-refractivity contribution in [2.45, 2.75) is 12.8 Å². The van der Waals surface area contributed by atoms with Gasteiger partial charge in [-0.3, -0.25) is 14.9 Å². The summed E-state index contributed by atoms with van der Waals surface area (Å²) in [6, 6.07) is 10.0. The number of rotatable bonds is 5. The third-order valence-electron chi connectivity index (χ3n) is 4.76. The van der Waals surface area contributed by atoms with E-state index in [1.54, 1.807) is 30.3 Å². The highest BCUT2D eigenvalue weighted by molar-refractivity contribution is 9.10. The van der Waals surface area contributed by atoms with E-state index in [1.807, 2.05) is 4.90 Å². The number of methoxy groups -OCH3 is 1. The largest absolute Gasteiger partial charge is 0.493 e. The van der Waals surface area contributed by atoms with E-state index < -0.39 is 0 Å². The molecule has 0 aromatic heterocycles. The Kier molecular flexibility index (Phi) is 6.41. The lowest BCUT2D eigenvalue weighted by atomic mass is 9.95. The number of anilines is 2. The molecule has 1 heterocycles. The Hall–Kier alpha value is -2.32. The minimum Gasteiger partial charge on any atom is -0.493 e. The number of hydrogen-bond donors (Lipinski definition) is 1. The molecule has 28 heavy (non-hydrogen) atoms. The first kappa shape index (κ1) is 20.4. The molecule has 1 fully saturated rings. The van der Waals surface area contributed by atoms with Gasteiger partial charge in [0.05, 0.1) is 22.2 Å². The average Bonchev–Trinajstić information content (AvgIpc) is 2.67. The molecule has 2 aromatic carbocycles. The lowest BCUT2D eigenvalue weighted by molar-refractivity contribution is -0.384. The normalized spacial score (nSPS) is 14.6. The lowest BCUT2D eigenvalue weighted by Crippen LogP contribution is -2.38. The molecule has 3 rings (SSSR count). The van der Waals surface area contributed by atoms with Gasteiger partial charge in [0, 0.05) is 30.1 Å². The number of nitro groups is 1. The van der Waals surface area contributed by atoms with Gasteiger partial charge in [0.25, 0.3) is 5.69 Å². The van der Waals surface area contributed by atoms with E-state index in [4.69, 9.17) is 16.3 Å². The van der Waals surface area contributed by atoms with Gasteiger partial charge in [-0.1, -0.05) is 23.7 Å². The molecule has 0 bridgehead atoms. The summed E-state index contributed by atoms with van der Waals surface area (Å²) in [5, 5.41) is 14.6. The highest BCUT2D eigenvalue weighted by atomic mass is 79.9. The number of ether oxygens (including phenoxy) is 1. The number of amides is 1. The first-order valence-electron chi connectivity index (χ1n) is 8.73. The number of piperidine rings is 1. The Bertz CT molecular complexity index is 901. The maximum absolute atomic E-state index is 12.7. The van der Waals surface area contributed by atoms with E-state index in [0.717, 1.165) is 0 Å². The van der Waals surface area contributed by atoms with E-state index in [1.165, 1.54) is 13.2 Å². The van der Waals surface area contributed by atoms with Crippen molar-refractivity contribution in [3.8, 4) is 5.75 Å². The van der Waals surface area contributed by atoms with Crippen molar-refractivity contribution in [2.24, 2.45) is 5.92 Å². The Labute approximate surface area is 175 Å². The summed E-state index contributed by atoms with van der Waals surface area (Å²) in [5.74, 6) is 0.200. The predicted octanol–water partition coefficient (Wildman–Crippen LogP) is 4.87. The number of para-hydroxylation sites is 2. The number of nitrogens with one attached hydrogen (secondary N) is 1. The molecule has 2 aromatic rings. The first-order chi connectivity index (χ1) is 13.4. The molecule has 0 aliphatic carbocycles. The van der Waals surface area contributed by atoms with Crippen molar-refractivity contribution >= 4 is 50.5 Å². The van der Waals surface area contributed by atoms with Crippen molar-refractivity contribution in [2.75, 3.05) is 30.4 Å². The van der Waals surface area contributed by atoms with Gasteiger partial charge in [-0.25, -0.2) is 0 Å². The Morgan fingerprint density at radius 1 is 1.32 bits per heavy atom. The molecule has 0 unspecified atom stereocenters. The summed E-state index contributed by atoms with van der Waals surface area (Å²) in [4.78, 5) is 25.5. The third kappa shape index (κ3) is 4.39. The summed E-state index contributed by atoms with van der Waals surface area (Å²) >= 11 is 9.45. The fourth-order valence-electron chi connectivity index (χ4n) is 3.36. The van der Waals surface area contributed by atoms with Crippen LogP contribution in [0.1, 0.15) is 12.8 Å². The fraction of sp³-hybridized carbons (Fsp3) is 0.316. The number of carbonyl (C=O) groups is 1. The summed E-state index contributed by atoms with van der Waals surface area (Å²) in [5.41, 5.74) is 1.18. The lowest BCUT2D eigenvalue weighted by Gasteiger charge is -2.32. The zero-order chi connectivity index (χ0) is 20.3. The predicted molar refractivity (Wildman–Crippen MR) is 112 cm³/mol. The van der Waals surface area contributed by atoms with E-state index in [-0.39, 0.29) is 22.4 Å². The van der Waals surface area contributed by atoms with Gasteiger partial charge in [0.1, 0.15) is 5.69 Å². The van der Waals surface area contributed by atoms with Crippen LogP contribution in [0.3, 0.4) is 0 Å². The molecule has 0 spiro atoms. The standard InChI is InChI=1S/C19H19BrClN3O4/c1-28-18-14(20)10-13(21)11-15(18)22-19(25)12-6-8-23(9-7-12)16-4-2-3-5-17(16)24(26)27/h2-5,10-12H,6-9H2,1H3,(H,22,25). The van der Waals surface area contributed by atoms with Crippen molar-refractivity contribution in [3.63, 3.8) is 0 Å². The van der Waals surface area contributed by atoms with E-state index in [2.05, 4.69) is 21.2 Å². The van der Waals surface area contributed by atoms with Crippen LogP contribution in [0.4, 0.5) is 17.1 Å². The molecule has 1 aliphatic heterocycles. The fourth-order valence-corrected chi connectivity index (χ4v) is 4.34. The molecule has 7 nitrogen and oxygen atoms in total. The Balaban J connectivity index is 1.68. The van der Waals surface area contributed by atoms with Crippen LogP contribution in [0.15, 0.2) is 40.9 Å². The minimum absolute atomic E-state index is 0.0823. The van der Waals surface area contributed by atoms with Crippen molar-refractivity contribution < 1.29 is 14.5 Å². The van der Waals surface area contributed by atoms with Crippen LogP contribution in [0.5, 0.6) is 5.75 Å². The molecule has 1 aliphatic rings. The maximum atomic E-state index is 12.7. The highest BCUT2D eigenvalue weighted by Crippen LogP contribution is 2.37. The van der Waals surface area contributed by atoms with Crippen molar-refractivity contribution in [3.05, 3.63) is 56.0 Å². The van der Waals surface area contributed by atoms with Gasteiger partial charge in [-0.15, -0.1) is 0 Å². The number of nitro benzene ring substituents is 1. The van der Waals surface area contributed by atoms with Crippen molar-refractivity contribution in [1.29, 1.82) is 0 Å². The van der Waals surface area contributed by atoms with Gasteiger partial charge < -0.3 is 15.0 Å². The van der Waals surface area contributed by atoms with Crippen LogP contribution in [0, 0.1) is 16.0 Å².